The summed E-state index contributed by atoms with van der Waals surface area (Å²) < 4.78 is 6.06. The number of aromatic nitrogens is 2. The van der Waals surface area contributed by atoms with Gasteiger partial charge in [0.05, 0.1) is 0 Å². The van der Waals surface area contributed by atoms with Crippen molar-refractivity contribution in [3.8, 4) is 28.6 Å². The van der Waals surface area contributed by atoms with Gasteiger partial charge in [0, 0.05) is 20.6 Å². The molecule has 0 aliphatic rings. The standard InChI is InChI=1S/C14H8BrClN2O2/c15-10-4-9(5-11(16)7-10)14-17-13(18-20-14)8-2-1-3-12(19)6-8/h1-7,19H. The van der Waals surface area contributed by atoms with Crippen LogP contribution in [-0.4, -0.2) is 15.2 Å². The molecule has 0 amide bonds. The number of benzene rings is 2. The summed E-state index contributed by atoms with van der Waals surface area (Å²) in [6.07, 6.45) is 0. The zero-order chi connectivity index (χ0) is 14.1. The van der Waals surface area contributed by atoms with Crippen molar-refractivity contribution in [1.29, 1.82) is 0 Å². The van der Waals surface area contributed by atoms with Gasteiger partial charge in [-0.15, -0.1) is 0 Å². The summed E-state index contributed by atoms with van der Waals surface area (Å²) >= 11 is 9.36. The van der Waals surface area contributed by atoms with Gasteiger partial charge in [-0.05, 0) is 30.3 Å². The van der Waals surface area contributed by atoms with Crippen LogP contribution in [0.1, 0.15) is 0 Å². The number of phenolic OH excluding ortho intramolecular Hbond substituents is 1. The van der Waals surface area contributed by atoms with Gasteiger partial charge < -0.3 is 9.63 Å². The third kappa shape index (κ3) is 2.69. The summed E-state index contributed by atoms with van der Waals surface area (Å²) in [6.45, 7) is 0. The Labute approximate surface area is 128 Å². The highest BCUT2D eigenvalue weighted by atomic mass is 79.9. The summed E-state index contributed by atoms with van der Waals surface area (Å²) in [4.78, 5) is 4.31. The first-order valence-electron chi connectivity index (χ1n) is 5.71. The Morgan fingerprint density at radius 2 is 1.95 bits per heavy atom. The van der Waals surface area contributed by atoms with Gasteiger partial charge in [0.25, 0.3) is 5.89 Å². The van der Waals surface area contributed by atoms with E-state index in [0.29, 0.717) is 22.3 Å². The summed E-state index contributed by atoms with van der Waals surface area (Å²) in [7, 11) is 0. The maximum absolute atomic E-state index is 9.46. The molecule has 0 saturated heterocycles. The minimum Gasteiger partial charge on any atom is -0.508 e. The molecule has 20 heavy (non-hydrogen) atoms. The second-order valence-corrected chi connectivity index (χ2v) is 5.48. The van der Waals surface area contributed by atoms with Crippen LogP contribution in [0.2, 0.25) is 5.02 Å². The average molecular weight is 352 g/mol. The Morgan fingerprint density at radius 3 is 2.70 bits per heavy atom. The van der Waals surface area contributed by atoms with E-state index in [-0.39, 0.29) is 5.75 Å². The molecule has 1 N–H and O–H groups in total. The van der Waals surface area contributed by atoms with Gasteiger partial charge >= 0.3 is 0 Å². The molecular weight excluding hydrogens is 344 g/mol. The molecule has 3 aromatic rings. The lowest BCUT2D eigenvalue weighted by molar-refractivity contribution is 0.432. The quantitative estimate of drug-likeness (QED) is 0.737. The second kappa shape index (κ2) is 5.26. The maximum Gasteiger partial charge on any atom is 0.258 e. The molecule has 0 saturated carbocycles. The predicted octanol–water partition coefficient (Wildman–Crippen LogP) is 4.53. The van der Waals surface area contributed by atoms with E-state index in [1.807, 2.05) is 6.07 Å². The van der Waals surface area contributed by atoms with Gasteiger partial charge in [0.2, 0.25) is 5.82 Å². The lowest BCUT2D eigenvalue weighted by Crippen LogP contribution is -1.81. The number of aromatic hydroxyl groups is 1. The summed E-state index contributed by atoms with van der Waals surface area (Å²) in [6, 6.07) is 12.0. The van der Waals surface area contributed by atoms with Crippen LogP contribution >= 0.6 is 27.5 Å². The van der Waals surface area contributed by atoms with Crippen LogP contribution in [0.4, 0.5) is 0 Å². The minimum atomic E-state index is 0.152. The molecule has 0 bridgehead atoms. The summed E-state index contributed by atoms with van der Waals surface area (Å²) in [5, 5.41) is 13.9. The third-order valence-electron chi connectivity index (χ3n) is 2.64. The Bertz CT molecular complexity index is 753. The molecule has 0 spiro atoms. The van der Waals surface area contributed by atoms with Crippen molar-refractivity contribution < 1.29 is 9.63 Å². The van der Waals surface area contributed by atoms with Gasteiger partial charge in [-0.2, -0.15) is 4.98 Å². The third-order valence-corrected chi connectivity index (χ3v) is 3.32. The number of hydrogen-bond donors (Lipinski definition) is 1. The first-order chi connectivity index (χ1) is 9.61. The van der Waals surface area contributed by atoms with E-state index < -0.39 is 0 Å². The molecule has 1 heterocycles. The molecule has 6 heteroatoms. The molecule has 0 aliphatic heterocycles. The van der Waals surface area contributed by atoms with Gasteiger partial charge in [0.1, 0.15) is 5.75 Å². The Hall–Kier alpha value is -1.85. The zero-order valence-electron chi connectivity index (χ0n) is 10.0. The smallest absolute Gasteiger partial charge is 0.258 e. The van der Waals surface area contributed by atoms with Crippen LogP contribution in [-0.2, 0) is 0 Å². The fraction of sp³-hybridized carbons (Fsp3) is 0. The van der Waals surface area contributed by atoms with Crippen molar-refractivity contribution >= 4 is 27.5 Å². The lowest BCUT2D eigenvalue weighted by Gasteiger charge is -1.97. The number of phenols is 1. The Balaban J connectivity index is 2.02. The van der Waals surface area contributed by atoms with Crippen molar-refractivity contribution in [2.24, 2.45) is 0 Å². The van der Waals surface area contributed by atoms with E-state index in [1.165, 1.54) is 0 Å². The van der Waals surface area contributed by atoms with E-state index >= 15 is 0 Å². The van der Waals surface area contributed by atoms with Crippen molar-refractivity contribution in [2.75, 3.05) is 0 Å². The van der Waals surface area contributed by atoms with E-state index in [0.717, 1.165) is 10.0 Å². The van der Waals surface area contributed by atoms with Crippen LogP contribution < -0.4 is 0 Å². The fourth-order valence-corrected chi connectivity index (χ4v) is 2.64. The average Bonchev–Trinajstić information content (AvgIpc) is 2.87. The molecular formula is C14H8BrClN2O2. The van der Waals surface area contributed by atoms with E-state index in [9.17, 15) is 5.11 Å². The monoisotopic (exact) mass is 350 g/mol. The largest absolute Gasteiger partial charge is 0.508 e. The highest BCUT2D eigenvalue weighted by Crippen LogP contribution is 2.28. The molecule has 2 aromatic carbocycles. The Kier molecular flexibility index (Phi) is 3.46. The van der Waals surface area contributed by atoms with E-state index in [2.05, 4.69) is 26.1 Å². The molecule has 0 unspecified atom stereocenters. The first-order valence-corrected chi connectivity index (χ1v) is 6.88. The molecule has 100 valence electrons. The molecule has 3 rings (SSSR count). The maximum atomic E-state index is 9.46. The summed E-state index contributed by atoms with van der Waals surface area (Å²) in [5.41, 5.74) is 1.41. The normalized spacial score (nSPS) is 10.7. The second-order valence-electron chi connectivity index (χ2n) is 4.13. The van der Waals surface area contributed by atoms with Crippen LogP contribution in [0.25, 0.3) is 22.8 Å². The van der Waals surface area contributed by atoms with Gasteiger partial charge in [-0.3, -0.25) is 0 Å². The zero-order valence-corrected chi connectivity index (χ0v) is 12.4. The van der Waals surface area contributed by atoms with Gasteiger partial charge in [-0.1, -0.05) is 44.8 Å². The number of rotatable bonds is 2. The minimum absolute atomic E-state index is 0.152. The molecule has 0 fully saturated rings. The SMILES string of the molecule is Oc1cccc(-c2noc(-c3cc(Cl)cc(Br)c3)n2)c1. The highest BCUT2D eigenvalue weighted by molar-refractivity contribution is 9.10. The topological polar surface area (TPSA) is 59.2 Å². The predicted molar refractivity (Wildman–Crippen MR) is 79.5 cm³/mol. The Morgan fingerprint density at radius 1 is 1.10 bits per heavy atom. The van der Waals surface area contributed by atoms with Crippen LogP contribution in [0.3, 0.4) is 0 Å². The molecule has 4 nitrogen and oxygen atoms in total. The molecule has 0 radical (unpaired) electrons. The van der Waals surface area contributed by atoms with Crippen molar-refractivity contribution in [2.45, 2.75) is 0 Å². The molecule has 1 aromatic heterocycles. The van der Waals surface area contributed by atoms with Crippen LogP contribution in [0.5, 0.6) is 5.75 Å². The van der Waals surface area contributed by atoms with Crippen LogP contribution in [0, 0.1) is 0 Å². The molecule has 0 atom stereocenters. The van der Waals surface area contributed by atoms with E-state index in [4.69, 9.17) is 16.1 Å². The van der Waals surface area contributed by atoms with Crippen molar-refractivity contribution in [3.05, 3.63) is 52.0 Å². The van der Waals surface area contributed by atoms with Crippen LogP contribution in [0.15, 0.2) is 51.5 Å². The fourth-order valence-electron chi connectivity index (χ4n) is 1.78. The lowest BCUT2D eigenvalue weighted by atomic mass is 10.2. The van der Waals surface area contributed by atoms with Crippen molar-refractivity contribution in [3.63, 3.8) is 0 Å². The highest BCUT2D eigenvalue weighted by Gasteiger charge is 2.12. The van der Waals surface area contributed by atoms with Crippen molar-refractivity contribution in [1.82, 2.24) is 10.1 Å². The van der Waals surface area contributed by atoms with E-state index in [1.54, 1.807) is 36.4 Å². The molecule has 0 aliphatic carbocycles. The summed E-state index contributed by atoms with van der Waals surface area (Å²) in [5.74, 6) is 0.929. The number of hydrogen-bond acceptors (Lipinski definition) is 4. The van der Waals surface area contributed by atoms with Gasteiger partial charge in [-0.25, -0.2) is 0 Å². The van der Waals surface area contributed by atoms with Gasteiger partial charge in [0.15, 0.2) is 0 Å². The number of halogens is 2. The number of nitrogens with zero attached hydrogens (tertiary/aromatic N) is 2. The first kappa shape index (κ1) is 13.1.